The molecule has 0 spiro atoms. The SMILES string of the molecule is CC(=O)Nc1ccc(C2=N/C(=C/c3ccc([N+](=O)[O-])s3)C(=O)O2)cc1. The lowest BCUT2D eigenvalue weighted by molar-refractivity contribution is -0.380. The van der Waals surface area contributed by atoms with E-state index in [1.165, 1.54) is 19.1 Å². The summed E-state index contributed by atoms with van der Waals surface area (Å²) in [7, 11) is 0. The van der Waals surface area contributed by atoms with Gasteiger partial charge in [0, 0.05) is 29.1 Å². The van der Waals surface area contributed by atoms with Crippen molar-refractivity contribution in [2.24, 2.45) is 4.99 Å². The van der Waals surface area contributed by atoms with Crippen LogP contribution in [0.4, 0.5) is 10.7 Å². The number of ether oxygens (including phenoxy) is 1. The number of nitrogens with one attached hydrogen (secondary N) is 1. The van der Waals surface area contributed by atoms with Gasteiger partial charge in [0.25, 0.3) is 0 Å². The van der Waals surface area contributed by atoms with Crippen molar-refractivity contribution >= 4 is 45.9 Å². The van der Waals surface area contributed by atoms with Crippen LogP contribution in [0.1, 0.15) is 17.4 Å². The van der Waals surface area contributed by atoms with E-state index < -0.39 is 10.9 Å². The average molecular weight is 357 g/mol. The molecule has 0 aliphatic carbocycles. The molecule has 1 amide bonds. The molecule has 9 heteroatoms. The fourth-order valence-corrected chi connectivity index (χ4v) is 2.84. The van der Waals surface area contributed by atoms with Crippen LogP contribution in [-0.2, 0) is 14.3 Å². The van der Waals surface area contributed by atoms with E-state index in [2.05, 4.69) is 10.3 Å². The molecule has 1 N–H and O–H groups in total. The van der Waals surface area contributed by atoms with Gasteiger partial charge in [-0.25, -0.2) is 9.79 Å². The van der Waals surface area contributed by atoms with Crippen LogP contribution in [0.15, 0.2) is 47.1 Å². The van der Waals surface area contributed by atoms with Crippen molar-refractivity contribution in [3.05, 3.63) is 62.7 Å². The third kappa shape index (κ3) is 3.78. The lowest BCUT2D eigenvalue weighted by atomic mass is 10.2. The predicted octanol–water partition coefficient (Wildman–Crippen LogP) is 2.96. The average Bonchev–Trinajstić information content (AvgIpc) is 3.16. The van der Waals surface area contributed by atoms with Crippen molar-refractivity contribution in [3.8, 4) is 0 Å². The molecule has 2 heterocycles. The van der Waals surface area contributed by atoms with Crippen molar-refractivity contribution < 1.29 is 19.2 Å². The summed E-state index contributed by atoms with van der Waals surface area (Å²) >= 11 is 0.942. The highest BCUT2D eigenvalue weighted by molar-refractivity contribution is 7.16. The van der Waals surface area contributed by atoms with Crippen LogP contribution in [0, 0.1) is 10.1 Å². The minimum Gasteiger partial charge on any atom is -0.402 e. The number of hydrogen-bond acceptors (Lipinski definition) is 7. The summed E-state index contributed by atoms with van der Waals surface area (Å²) in [6, 6.07) is 9.56. The summed E-state index contributed by atoms with van der Waals surface area (Å²) in [5, 5.41) is 13.3. The number of amides is 1. The van der Waals surface area contributed by atoms with Crippen LogP contribution < -0.4 is 5.32 Å². The Morgan fingerprint density at radius 3 is 2.60 bits per heavy atom. The Morgan fingerprint density at radius 2 is 2.00 bits per heavy atom. The number of hydrogen-bond donors (Lipinski definition) is 1. The first-order chi connectivity index (χ1) is 11.9. The summed E-state index contributed by atoms with van der Waals surface area (Å²) in [6.45, 7) is 1.41. The van der Waals surface area contributed by atoms with Crippen LogP contribution in [0.3, 0.4) is 0 Å². The Hall–Kier alpha value is -3.33. The Balaban J connectivity index is 1.83. The van der Waals surface area contributed by atoms with E-state index in [-0.39, 0.29) is 22.5 Å². The third-order valence-electron chi connectivity index (χ3n) is 3.14. The number of anilines is 1. The molecular formula is C16H11N3O5S. The highest BCUT2D eigenvalue weighted by Crippen LogP contribution is 2.27. The highest BCUT2D eigenvalue weighted by atomic mass is 32.1. The second-order valence-electron chi connectivity index (χ2n) is 5.03. The van der Waals surface area contributed by atoms with Gasteiger partial charge in [-0.15, -0.1) is 0 Å². The predicted molar refractivity (Wildman–Crippen MR) is 92.3 cm³/mol. The number of carbonyl (C=O) groups excluding carboxylic acids is 2. The third-order valence-corrected chi connectivity index (χ3v) is 4.13. The lowest BCUT2D eigenvalue weighted by Crippen LogP contribution is -2.07. The molecule has 126 valence electrons. The van der Waals surface area contributed by atoms with Gasteiger partial charge in [0.1, 0.15) is 0 Å². The van der Waals surface area contributed by atoms with Gasteiger partial charge in [0.05, 0.1) is 4.92 Å². The summed E-state index contributed by atoms with van der Waals surface area (Å²) in [5.41, 5.74) is 1.25. The fraction of sp³-hybridized carbons (Fsp3) is 0.0625. The van der Waals surface area contributed by atoms with E-state index >= 15 is 0 Å². The molecule has 1 aromatic carbocycles. The molecule has 0 saturated carbocycles. The first kappa shape index (κ1) is 16.5. The van der Waals surface area contributed by atoms with Gasteiger partial charge in [0.15, 0.2) is 5.70 Å². The molecule has 0 fully saturated rings. The zero-order chi connectivity index (χ0) is 18.0. The molecule has 8 nitrogen and oxygen atoms in total. The Kier molecular flexibility index (Phi) is 4.40. The van der Waals surface area contributed by atoms with Crippen LogP contribution in [0.5, 0.6) is 0 Å². The molecule has 1 aliphatic heterocycles. The minimum atomic E-state index is -0.628. The van der Waals surface area contributed by atoms with E-state index in [1.54, 1.807) is 30.3 Å². The number of thiophene rings is 1. The zero-order valence-electron chi connectivity index (χ0n) is 12.9. The maximum absolute atomic E-state index is 11.9. The number of nitrogens with zero attached hydrogens (tertiary/aromatic N) is 2. The van der Waals surface area contributed by atoms with Crippen LogP contribution in [0.25, 0.3) is 6.08 Å². The number of carbonyl (C=O) groups is 2. The van der Waals surface area contributed by atoms with Crippen molar-refractivity contribution in [3.63, 3.8) is 0 Å². The minimum absolute atomic E-state index is 0.0176. The number of nitro groups is 1. The normalized spacial score (nSPS) is 15.0. The summed E-state index contributed by atoms with van der Waals surface area (Å²) in [5.74, 6) is -0.679. The number of benzene rings is 1. The van der Waals surface area contributed by atoms with Gasteiger partial charge in [-0.2, -0.15) is 0 Å². The number of rotatable bonds is 4. The molecular weight excluding hydrogens is 346 g/mol. The second kappa shape index (κ2) is 6.65. The quantitative estimate of drug-likeness (QED) is 0.391. The Bertz CT molecular complexity index is 928. The first-order valence-electron chi connectivity index (χ1n) is 7.07. The number of aliphatic imine (C=N–C) groups is 1. The number of cyclic esters (lactones) is 1. The molecule has 0 atom stereocenters. The summed E-state index contributed by atoms with van der Waals surface area (Å²) < 4.78 is 5.13. The van der Waals surface area contributed by atoms with Crippen molar-refractivity contribution in [2.45, 2.75) is 6.92 Å². The molecule has 0 saturated heterocycles. The fourth-order valence-electron chi connectivity index (χ4n) is 2.08. The first-order valence-corrected chi connectivity index (χ1v) is 7.89. The van der Waals surface area contributed by atoms with Gasteiger partial charge in [0.2, 0.25) is 11.8 Å². The van der Waals surface area contributed by atoms with Crippen LogP contribution in [-0.4, -0.2) is 22.7 Å². The van der Waals surface area contributed by atoms with Gasteiger partial charge in [-0.3, -0.25) is 14.9 Å². The highest BCUT2D eigenvalue weighted by Gasteiger charge is 2.24. The molecule has 0 radical (unpaired) electrons. The van der Waals surface area contributed by atoms with Crippen LogP contribution >= 0.6 is 11.3 Å². The van der Waals surface area contributed by atoms with E-state index in [0.717, 1.165) is 11.3 Å². The summed E-state index contributed by atoms with van der Waals surface area (Å²) in [4.78, 5) is 37.8. The maximum atomic E-state index is 11.9. The van der Waals surface area contributed by atoms with Crippen molar-refractivity contribution in [1.29, 1.82) is 0 Å². The van der Waals surface area contributed by atoms with E-state index in [1.807, 2.05) is 0 Å². The second-order valence-corrected chi connectivity index (χ2v) is 6.12. The van der Waals surface area contributed by atoms with Gasteiger partial charge in [-0.05, 0) is 36.4 Å². The molecule has 3 rings (SSSR count). The van der Waals surface area contributed by atoms with E-state index in [0.29, 0.717) is 16.1 Å². The zero-order valence-corrected chi connectivity index (χ0v) is 13.7. The molecule has 0 unspecified atom stereocenters. The van der Waals surface area contributed by atoms with Gasteiger partial charge >= 0.3 is 11.0 Å². The van der Waals surface area contributed by atoms with Crippen molar-refractivity contribution in [1.82, 2.24) is 0 Å². The molecule has 1 aromatic heterocycles. The topological polar surface area (TPSA) is 111 Å². The largest absolute Gasteiger partial charge is 0.402 e. The Morgan fingerprint density at radius 1 is 1.28 bits per heavy atom. The molecule has 25 heavy (non-hydrogen) atoms. The maximum Gasteiger partial charge on any atom is 0.363 e. The number of esters is 1. The van der Waals surface area contributed by atoms with Gasteiger partial charge in [-0.1, -0.05) is 11.3 Å². The van der Waals surface area contributed by atoms with Crippen LogP contribution in [0.2, 0.25) is 0 Å². The molecule has 0 bridgehead atoms. The summed E-state index contributed by atoms with van der Waals surface area (Å²) in [6.07, 6.45) is 1.44. The standard InChI is InChI=1S/C16H11N3O5S/c1-9(20)17-11-4-2-10(3-5-11)15-18-13(16(21)24-15)8-12-6-7-14(25-12)19(22)23/h2-8H,1H3,(H,17,20)/b13-8+. The smallest absolute Gasteiger partial charge is 0.363 e. The van der Waals surface area contributed by atoms with Gasteiger partial charge < -0.3 is 10.1 Å². The lowest BCUT2D eigenvalue weighted by Gasteiger charge is -2.03. The monoisotopic (exact) mass is 357 g/mol. The van der Waals surface area contributed by atoms with E-state index in [4.69, 9.17) is 4.74 Å². The van der Waals surface area contributed by atoms with E-state index in [9.17, 15) is 19.7 Å². The molecule has 2 aromatic rings. The Labute approximate surface area is 145 Å². The van der Waals surface area contributed by atoms with Crippen molar-refractivity contribution in [2.75, 3.05) is 5.32 Å². The molecule has 1 aliphatic rings.